The van der Waals surface area contributed by atoms with E-state index < -0.39 is 0 Å². The van der Waals surface area contributed by atoms with Crippen molar-refractivity contribution < 1.29 is 9.59 Å². The Kier molecular flexibility index (Phi) is 5.97. The zero-order chi connectivity index (χ0) is 19.2. The molecule has 3 rings (SSSR count). The lowest BCUT2D eigenvalue weighted by molar-refractivity contribution is -0.113. The summed E-state index contributed by atoms with van der Waals surface area (Å²) in [6, 6.07) is 12.7. The molecule has 0 spiro atoms. The van der Waals surface area contributed by atoms with Crippen LogP contribution in [-0.2, 0) is 11.3 Å². The number of carbonyl (C=O) groups excluding carboxylic acids is 2. The molecule has 2 heterocycles. The van der Waals surface area contributed by atoms with Crippen molar-refractivity contribution in [2.75, 3.05) is 11.1 Å². The van der Waals surface area contributed by atoms with E-state index in [0.717, 1.165) is 5.69 Å². The van der Waals surface area contributed by atoms with E-state index in [2.05, 4.69) is 20.5 Å². The maximum Gasteiger partial charge on any atom is 0.234 e. The Morgan fingerprint density at radius 2 is 1.89 bits per heavy atom. The smallest absolute Gasteiger partial charge is 0.234 e. The molecule has 8 heteroatoms. The fraction of sp³-hybridized carbons (Fsp3) is 0.211. The molecular formula is C19H19N5O2S. The maximum atomic E-state index is 12.2. The number of aromatic nitrogens is 4. The number of benzene rings is 1. The van der Waals surface area contributed by atoms with Crippen LogP contribution < -0.4 is 5.32 Å². The van der Waals surface area contributed by atoms with Gasteiger partial charge in [-0.3, -0.25) is 14.6 Å². The molecule has 138 valence electrons. The number of para-hydroxylation sites is 1. The molecular weight excluding hydrogens is 362 g/mol. The highest BCUT2D eigenvalue weighted by molar-refractivity contribution is 7.99. The van der Waals surface area contributed by atoms with Crippen LogP contribution in [0.15, 0.2) is 53.8 Å². The van der Waals surface area contributed by atoms with Crippen LogP contribution in [0.3, 0.4) is 0 Å². The Morgan fingerprint density at radius 1 is 1.11 bits per heavy atom. The number of thioether (sulfide) groups is 1. The van der Waals surface area contributed by atoms with E-state index in [1.807, 2.05) is 41.8 Å². The van der Waals surface area contributed by atoms with Crippen molar-refractivity contribution in [3.8, 4) is 11.5 Å². The molecule has 0 saturated heterocycles. The molecule has 27 heavy (non-hydrogen) atoms. The summed E-state index contributed by atoms with van der Waals surface area (Å²) in [5, 5.41) is 11.8. The lowest BCUT2D eigenvalue weighted by Crippen LogP contribution is -2.14. The molecule has 0 atom stereocenters. The van der Waals surface area contributed by atoms with Gasteiger partial charge in [0.15, 0.2) is 16.8 Å². The number of nitrogens with zero attached hydrogens (tertiary/aromatic N) is 4. The molecule has 1 aromatic carbocycles. The number of Topliss-reactive ketones (excluding diaryl/α,β-unsaturated/α-hetero) is 1. The second-order valence-electron chi connectivity index (χ2n) is 5.71. The summed E-state index contributed by atoms with van der Waals surface area (Å²) in [5.41, 5.74) is 1.75. The fourth-order valence-electron chi connectivity index (χ4n) is 2.57. The normalized spacial score (nSPS) is 10.6. The van der Waals surface area contributed by atoms with E-state index in [1.54, 1.807) is 18.3 Å². The van der Waals surface area contributed by atoms with Gasteiger partial charge in [0.1, 0.15) is 5.69 Å². The van der Waals surface area contributed by atoms with E-state index >= 15 is 0 Å². The number of carbonyl (C=O) groups is 2. The molecule has 7 nitrogen and oxygen atoms in total. The number of anilines is 1. The third-order valence-corrected chi connectivity index (χ3v) is 4.79. The summed E-state index contributed by atoms with van der Waals surface area (Å²) in [6.45, 7) is 4.05. The minimum atomic E-state index is -0.124. The average molecular weight is 381 g/mol. The Morgan fingerprint density at radius 3 is 2.59 bits per heavy atom. The zero-order valence-electron chi connectivity index (χ0n) is 15.0. The second kappa shape index (κ2) is 8.59. The largest absolute Gasteiger partial charge is 0.325 e. The van der Waals surface area contributed by atoms with Gasteiger partial charge in [-0.05, 0) is 38.1 Å². The van der Waals surface area contributed by atoms with Crippen molar-refractivity contribution in [1.29, 1.82) is 0 Å². The highest BCUT2D eigenvalue weighted by Crippen LogP contribution is 2.25. The standard InChI is InChI=1S/C19H19N5O2S/c1-3-24-18(17-15(13(2)25)10-7-11-20-17)22-23-19(24)27-12-16(26)21-14-8-5-4-6-9-14/h4-11H,3,12H2,1-2H3,(H,21,26). The summed E-state index contributed by atoms with van der Waals surface area (Å²) in [4.78, 5) is 28.3. The van der Waals surface area contributed by atoms with Crippen molar-refractivity contribution >= 4 is 29.1 Å². The lowest BCUT2D eigenvalue weighted by Gasteiger charge is -2.09. The summed E-state index contributed by atoms with van der Waals surface area (Å²) in [7, 11) is 0. The van der Waals surface area contributed by atoms with Gasteiger partial charge in [0.2, 0.25) is 5.91 Å². The van der Waals surface area contributed by atoms with E-state index in [0.29, 0.717) is 28.8 Å². The van der Waals surface area contributed by atoms with Gasteiger partial charge in [-0.2, -0.15) is 0 Å². The summed E-state index contributed by atoms with van der Waals surface area (Å²) >= 11 is 1.29. The Balaban J connectivity index is 1.77. The number of ketones is 1. The molecule has 0 fully saturated rings. The quantitative estimate of drug-likeness (QED) is 0.499. The molecule has 0 aliphatic rings. The summed E-state index contributed by atoms with van der Waals surface area (Å²) in [6.07, 6.45) is 1.62. The van der Waals surface area contributed by atoms with Crippen LogP contribution in [0.5, 0.6) is 0 Å². The molecule has 0 bridgehead atoms. The number of hydrogen-bond donors (Lipinski definition) is 1. The molecule has 1 amide bonds. The minimum absolute atomic E-state index is 0.0832. The van der Waals surface area contributed by atoms with Crippen LogP contribution in [0.4, 0.5) is 5.69 Å². The highest BCUT2D eigenvalue weighted by Gasteiger charge is 2.19. The summed E-state index contributed by atoms with van der Waals surface area (Å²) in [5.74, 6) is 0.518. The first-order valence-corrected chi connectivity index (χ1v) is 9.46. The first-order valence-electron chi connectivity index (χ1n) is 8.47. The average Bonchev–Trinajstić information content (AvgIpc) is 3.10. The van der Waals surface area contributed by atoms with Gasteiger partial charge in [0.05, 0.1) is 5.75 Å². The van der Waals surface area contributed by atoms with Crippen molar-refractivity contribution in [3.63, 3.8) is 0 Å². The minimum Gasteiger partial charge on any atom is -0.325 e. The van der Waals surface area contributed by atoms with Crippen LogP contribution >= 0.6 is 11.8 Å². The predicted octanol–water partition coefficient (Wildman–Crippen LogP) is 3.29. The van der Waals surface area contributed by atoms with Crippen molar-refractivity contribution in [2.45, 2.75) is 25.5 Å². The predicted molar refractivity (Wildman–Crippen MR) is 105 cm³/mol. The van der Waals surface area contributed by atoms with Crippen LogP contribution in [-0.4, -0.2) is 37.2 Å². The molecule has 0 unspecified atom stereocenters. The molecule has 2 aromatic heterocycles. The van der Waals surface area contributed by atoms with Crippen LogP contribution in [0.2, 0.25) is 0 Å². The van der Waals surface area contributed by atoms with Gasteiger partial charge >= 0.3 is 0 Å². The van der Waals surface area contributed by atoms with Gasteiger partial charge in [0.25, 0.3) is 0 Å². The first kappa shape index (κ1) is 18.8. The Labute approximate surface area is 161 Å². The highest BCUT2D eigenvalue weighted by atomic mass is 32.2. The monoisotopic (exact) mass is 381 g/mol. The first-order chi connectivity index (χ1) is 13.1. The Bertz CT molecular complexity index is 956. The molecule has 1 N–H and O–H groups in total. The van der Waals surface area contributed by atoms with E-state index in [9.17, 15) is 9.59 Å². The van der Waals surface area contributed by atoms with Gasteiger partial charge in [-0.25, -0.2) is 0 Å². The number of rotatable bonds is 7. The molecule has 0 radical (unpaired) electrons. The van der Waals surface area contributed by atoms with Gasteiger partial charge in [-0.1, -0.05) is 30.0 Å². The molecule has 0 aliphatic carbocycles. The Hall–Kier alpha value is -3.00. The maximum absolute atomic E-state index is 12.2. The number of amides is 1. The topological polar surface area (TPSA) is 89.8 Å². The third kappa shape index (κ3) is 4.40. The lowest BCUT2D eigenvalue weighted by atomic mass is 10.1. The van der Waals surface area contributed by atoms with Crippen LogP contribution in [0.1, 0.15) is 24.2 Å². The fourth-order valence-corrected chi connectivity index (χ4v) is 3.37. The molecule has 0 aliphatic heterocycles. The van der Waals surface area contributed by atoms with Crippen molar-refractivity contribution in [2.24, 2.45) is 0 Å². The van der Waals surface area contributed by atoms with E-state index in [4.69, 9.17) is 0 Å². The molecule has 3 aromatic rings. The van der Waals surface area contributed by atoms with Gasteiger partial charge in [-0.15, -0.1) is 10.2 Å². The number of hydrogen-bond acceptors (Lipinski definition) is 6. The van der Waals surface area contributed by atoms with E-state index in [-0.39, 0.29) is 17.4 Å². The van der Waals surface area contributed by atoms with Crippen molar-refractivity contribution in [1.82, 2.24) is 19.7 Å². The zero-order valence-corrected chi connectivity index (χ0v) is 15.9. The third-order valence-electron chi connectivity index (χ3n) is 3.82. The number of nitrogens with one attached hydrogen (secondary N) is 1. The van der Waals surface area contributed by atoms with Gasteiger partial charge < -0.3 is 9.88 Å². The van der Waals surface area contributed by atoms with E-state index in [1.165, 1.54) is 18.7 Å². The van der Waals surface area contributed by atoms with Gasteiger partial charge in [0, 0.05) is 24.0 Å². The van der Waals surface area contributed by atoms with Crippen LogP contribution in [0, 0.1) is 0 Å². The second-order valence-corrected chi connectivity index (χ2v) is 6.65. The van der Waals surface area contributed by atoms with Crippen LogP contribution in [0.25, 0.3) is 11.5 Å². The number of pyridine rings is 1. The summed E-state index contributed by atoms with van der Waals surface area (Å²) < 4.78 is 1.86. The SMILES string of the molecule is CCn1c(SCC(=O)Nc2ccccc2)nnc1-c1ncccc1C(C)=O. The van der Waals surface area contributed by atoms with Crippen molar-refractivity contribution in [3.05, 3.63) is 54.2 Å². The molecule has 0 saturated carbocycles.